The van der Waals surface area contributed by atoms with Crippen molar-refractivity contribution in [2.24, 2.45) is 5.92 Å². The van der Waals surface area contributed by atoms with Crippen LogP contribution in [0, 0.1) is 5.92 Å². The molecule has 0 radical (unpaired) electrons. The Morgan fingerprint density at radius 1 is 1.09 bits per heavy atom. The smallest absolute Gasteiger partial charge is 0.0569 e. The monoisotopic (exact) mass is 158 g/mol. The summed E-state index contributed by atoms with van der Waals surface area (Å²) in [6, 6.07) is 0. The minimum atomic E-state index is 0.423. The van der Waals surface area contributed by atoms with Crippen LogP contribution in [-0.2, 0) is 4.74 Å². The van der Waals surface area contributed by atoms with Crippen LogP contribution in [0.1, 0.15) is 47.0 Å². The topological polar surface area (TPSA) is 9.23 Å². The number of hydrogen-bond acceptors (Lipinski definition) is 1. The number of hydrogen-bond donors (Lipinski definition) is 0. The van der Waals surface area contributed by atoms with Gasteiger partial charge >= 0.3 is 0 Å². The molecule has 0 aromatic carbocycles. The minimum Gasteiger partial charge on any atom is -0.378 e. The third kappa shape index (κ3) is 6.36. The first kappa shape index (κ1) is 11.0. The number of unbranched alkanes of at least 4 members (excludes halogenated alkanes) is 2. The van der Waals surface area contributed by atoms with E-state index in [4.69, 9.17) is 4.74 Å². The summed E-state index contributed by atoms with van der Waals surface area (Å²) in [5, 5.41) is 0. The summed E-state index contributed by atoms with van der Waals surface area (Å²) >= 11 is 0. The lowest BCUT2D eigenvalue weighted by molar-refractivity contribution is 0.0333. The Labute approximate surface area is 71.1 Å². The van der Waals surface area contributed by atoms with Gasteiger partial charge in [0.25, 0.3) is 0 Å². The average molecular weight is 158 g/mol. The Kier molecular flexibility index (Phi) is 6.63. The van der Waals surface area contributed by atoms with Crippen molar-refractivity contribution < 1.29 is 4.74 Å². The predicted molar refractivity (Wildman–Crippen MR) is 49.8 cm³/mol. The highest BCUT2D eigenvalue weighted by atomic mass is 16.5. The normalized spacial score (nSPS) is 13.9. The van der Waals surface area contributed by atoms with E-state index in [9.17, 15) is 0 Å². The molecule has 1 heteroatoms. The molecule has 0 rings (SSSR count). The second-order valence-corrected chi connectivity index (χ2v) is 3.53. The fourth-order valence-corrected chi connectivity index (χ4v) is 0.814. The molecule has 0 spiro atoms. The quantitative estimate of drug-likeness (QED) is 0.539. The molecule has 11 heavy (non-hydrogen) atoms. The van der Waals surface area contributed by atoms with Crippen molar-refractivity contribution in [2.75, 3.05) is 6.61 Å². The van der Waals surface area contributed by atoms with Gasteiger partial charge in [-0.25, -0.2) is 0 Å². The average Bonchev–Trinajstić information content (AvgIpc) is 1.97. The maximum atomic E-state index is 5.61. The van der Waals surface area contributed by atoms with Gasteiger partial charge in [0.15, 0.2) is 0 Å². The summed E-state index contributed by atoms with van der Waals surface area (Å²) in [4.78, 5) is 0. The van der Waals surface area contributed by atoms with E-state index in [1.165, 1.54) is 19.3 Å². The van der Waals surface area contributed by atoms with E-state index < -0.39 is 0 Å². The van der Waals surface area contributed by atoms with E-state index in [2.05, 4.69) is 27.7 Å². The Bertz CT molecular complexity index is 78.9. The van der Waals surface area contributed by atoms with E-state index in [-0.39, 0.29) is 0 Å². The summed E-state index contributed by atoms with van der Waals surface area (Å²) in [5.41, 5.74) is 0. The zero-order valence-electron chi connectivity index (χ0n) is 8.39. The van der Waals surface area contributed by atoms with Gasteiger partial charge < -0.3 is 4.74 Å². The van der Waals surface area contributed by atoms with Gasteiger partial charge in [-0.2, -0.15) is 0 Å². The molecule has 0 saturated carbocycles. The van der Waals surface area contributed by atoms with Crippen molar-refractivity contribution in [3.05, 3.63) is 0 Å². The molecule has 0 N–H and O–H groups in total. The Morgan fingerprint density at radius 3 is 2.18 bits per heavy atom. The lowest BCUT2D eigenvalue weighted by atomic mass is 10.1. The Hall–Kier alpha value is -0.0400. The molecule has 0 heterocycles. The first-order valence-corrected chi connectivity index (χ1v) is 4.80. The summed E-state index contributed by atoms with van der Waals surface area (Å²) in [7, 11) is 0. The van der Waals surface area contributed by atoms with Crippen LogP contribution >= 0.6 is 0 Å². The van der Waals surface area contributed by atoms with Gasteiger partial charge in [0, 0.05) is 6.61 Å². The third-order valence-electron chi connectivity index (χ3n) is 2.07. The molecule has 68 valence electrons. The zero-order valence-corrected chi connectivity index (χ0v) is 8.39. The van der Waals surface area contributed by atoms with Gasteiger partial charge in [-0.3, -0.25) is 0 Å². The van der Waals surface area contributed by atoms with Crippen LogP contribution in [-0.4, -0.2) is 12.7 Å². The Balaban J connectivity index is 3.10. The van der Waals surface area contributed by atoms with E-state index in [0.717, 1.165) is 6.61 Å². The van der Waals surface area contributed by atoms with Crippen LogP contribution in [0.25, 0.3) is 0 Å². The fourth-order valence-electron chi connectivity index (χ4n) is 0.814. The summed E-state index contributed by atoms with van der Waals surface area (Å²) in [6.07, 6.45) is 4.21. The lowest BCUT2D eigenvalue weighted by Gasteiger charge is -2.16. The van der Waals surface area contributed by atoms with Crippen molar-refractivity contribution in [2.45, 2.75) is 53.1 Å². The summed E-state index contributed by atoms with van der Waals surface area (Å²) in [6.45, 7) is 9.70. The molecule has 1 unspecified atom stereocenters. The molecule has 0 fully saturated rings. The second kappa shape index (κ2) is 6.66. The molecule has 0 aliphatic heterocycles. The number of rotatable bonds is 6. The first-order chi connectivity index (χ1) is 5.18. The maximum absolute atomic E-state index is 5.61. The van der Waals surface area contributed by atoms with Gasteiger partial charge in [-0.15, -0.1) is 0 Å². The SMILES string of the molecule is CCCCCOC(C)C(C)C. The number of ether oxygens (including phenoxy) is 1. The zero-order chi connectivity index (χ0) is 8.69. The van der Waals surface area contributed by atoms with Crippen LogP contribution < -0.4 is 0 Å². The van der Waals surface area contributed by atoms with Crippen molar-refractivity contribution in [3.8, 4) is 0 Å². The summed E-state index contributed by atoms with van der Waals surface area (Å²) in [5.74, 6) is 0.650. The van der Waals surface area contributed by atoms with Crippen molar-refractivity contribution in [1.82, 2.24) is 0 Å². The highest BCUT2D eigenvalue weighted by Gasteiger charge is 2.05. The van der Waals surface area contributed by atoms with Gasteiger partial charge in [0.05, 0.1) is 6.10 Å². The first-order valence-electron chi connectivity index (χ1n) is 4.80. The van der Waals surface area contributed by atoms with Crippen molar-refractivity contribution >= 4 is 0 Å². The molecular weight excluding hydrogens is 136 g/mol. The van der Waals surface area contributed by atoms with Gasteiger partial charge in [-0.1, -0.05) is 33.6 Å². The molecule has 0 aliphatic carbocycles. The molecular formula is C10H22O. The lowest BCUT2D eigenvalue weighted by Crippen LogP contribution is -2.15. The molecule has 0 amide bonds. The van der Waals surface area contributed by atoms with Crippen molar-refractivity contribution in [1.29, 1.82) is 0 Å². The minimum absolute atomic E-state index is 0.423. The Morgan fingerprint density at radius 2 is 1.73 bits per heavy atom. The molecule has 0 aromatic heterocycles. The molecule has 1 nitrogen and oxygen atoms in total. The summed E-state index contributed by atoms with van der Waals surface area (Å²) < 4.78 is 5.61. The third-order valence-corrected chi connectivity index (χ3v) is 2.07. The van der Waals surface area contributed by atoms with Crippen LogP contribution in [0.4, 0.5) is 0 Å². The van der Waals surface area contributed by atoms with Gasteiger partial charge in [-0.05, 0) is 19.3 Å². The van der Waals surface area contributed by atoms with Crippen LogP contribution in [0.3, 0.4) is 0 Å². The molecule has 0 aromatic rings. The molecule has 0 bridgehead atoms. The van der Waals surface area contributed by atoms with E-state index in [1.54, 1.807) is 0 Å². The largest absolute Gasteiger partial charge is 0.378 e. The van der Waals surface area contributed by atoms with E-state index in [0.29, 0.717) is 12.0 Å². The molecule has 1 atom stereocenters. The highest BCUT2D eigenvalue weighted by Crippen LogP contribution is 2.06. The van der Waals surface area contributed by atoms with Crippen LogP contribution in [0.2, 0.25) is 0 Å². The standard InChI is InChI=1S/C10H22O/c1-5-6-7-8-11-10(4)9(2)3/h9-10H,5-8H2,1-4H3. The van der Waals surface area contributed by atoms with E-state index in [1.807, 2.05) is 0 Å². The second-order valence-electron chi connectivity index (χ2n) is 3.53. The predicted octanol–water partition coefficient (Wildman–Crippen LogP) is 3.24. The fraction of sp³-hybridized carbons (Fsp3) is 1.00. The molecule has 0 saturated heterocycles. The highest BCUT2D eigenvalue weighted by molar-refractivity contribution is 4.54. The maximum Gasteiger partial charge on any atom is 0.0569 e. The van der Waals surface area contributed by atoms with Gasteiger partial charge in [0.2, 0.25) is 0 Å². The van der Waals surface area contributed by atoms with E-state index >= 15 is 0 Å². The van der Waals surface area contributed by atoms with Crippen LogP contribution in [0.15, 0.2) is 0 Å². The van der Waals surface area contributed by atoms with Crippen LogP contribution in [0.5, 0.6) is 0 Å². The van der Waals surface area contributed by atoms with Crippen molar-refractivity contribution in [3.63, 3.8) is 0 Å². The van der Waals surface area contributed by atoms with Gasteiger partial charge in [0.1, 0.15) is 0 Å². The molecule has 0 aliphatic rings.